The lowest BCUT2D eigenvalue weighted by Crippen LogP contribution is -2.53. The number of hydrogen-bond donors (Lipinski definition) is 3. The number of rotatable bonds is 5. The number of carbonyl (C=O) groups excluding carboxylic acids is 3. The summed E-state index contributed by atoms with van der Waals surface area (Å²) < 4.78 is 3.91. The average molecular weight is 418 g/mol. The Balaban J connectivity index is 2.56. The maximum absolute atomic E-state index is 13.4. The van der Waals surface area contributed by atoms with E-state index >= 15 is 0 Å². The van der Waals surface area contributed by atoms with Crippen LogP contribution in [0, 0.1) is 13.8 Å². The number of anilines is 2. The molecule has 29 heavy (non-hydrogen) atoms. The van der Waals surface area contributed by atoms with Crippen molar-refractivity contribution < 1.29 is 14.4 Å². The van der Waals surface area contributed by atoms with Gasteiger partial charge >= 0.3 is 0 Å². The molecule has 8 nitrogen and oxygen atoms in total. The van der Waals surface area contributed by atoms with E-state index in [0.29, 0.717) is 5.69 Å². The lowest BCUT2D eigenvalue weighted by Gasteiger charge is -2.31. The summed E-state index contributed by atoms with van der Waals surface area (Å²) in [6, 6.07) is 4.77. The largest absolute Gasteiger partial charge is 0.395 e. The molecule has 0 saturated carbocycles. The summed E-state index contributed by atoms with van der Waals surface area (Å²) in [7, 11) is 0. The van der Waals surface area contributed by atoms with Crippen molar-refractivity contribution in [2.45, 2.75) is 53.1 Å². The van der Waals surface area contributed by atoms with Crippen LogP contribution in [0.2, 0.25) is 0 Å². The molecule has 9 heteroatoms. The molecule has 1 heterocycles. The minimum absolute atomic E-state index is 0.0633. The van der Waals surface area contributed by atoms with Crippen LogP contribution in [0.25, 0.3) is 0 Å². The molecule has 0 bridgehead atoms. The van der Waals surface area contributed by atoms with Crippen LogP contribution in [0.3, 0.4) is 0 Å². The summed E-state index contributed by atoms with van der Waals surface area (Å²) in [4.78, 5) is 39.2. The van der Waals surface area contributed by atoms with Crippen molar-refractivity contribution in [3.05, 3.63) is 39.9 Å². The van der Waals surface area contributed by atoms with Crippen molar-refractivity contribution in [3.8, 4) is 0 Å². The van der Waals surface area contributed by atoms with Gasteiger partial charge in [-0.2, -0.15) is 4.37 Å². The molecule has 1 aromatic heterocycles. The number of nitrogens with two attached hydrogens (primary N) is 2. The smallest absolute Gasteiger partial charge is 0.272 e. The molecule has 0 unspecified atom stereocenters. The van der Waals surface area contributed by atoms with Crippen molar-refractivity contribution in [1.29, 1.82) is 0 Å². The second-order valence-electron chi connectivity index (χ2n) is 8.07. The zero-order chi connectivity index (χ0) is 22.1. The summed E-state index contributed by atoms with van der Waals surface area (Å²) in [6.07, 6.45) is 0. The minimum Gasteiger partial charge on any atom is -0.395 e. The van der Waals surface area contributed by atoms with Gasteiger partial charge in [-0.05, 0) is 76.3 Å². The normalized spacial score (nSPS) is 12.3. The Morgan fingerprint density at radius 2 is 1.69 bits per heavy atom. The van der Waals surface area contributed by atoms with Crippen LogP contribution in [-0.4, -0.2) is 33.7 Å². The SMILES string of the molecule is Cc1cc(C)cc(N(C(=O)c2snc(C(N)=O)c2N)[C@@H](C)C(=O)NC(C)(C)C)c1. The number of aryl methyl sites for hydroxylation is 2. The monoisotopic (exact) mass is 417 g/mol. The van der Waals surface area contributed by atoms with Gasteiger partial charge in [0.15, 0.2) is 5.69 Å². The molecule has 3 amide bonds. The van der Waals surface area contributed by atoms with E-state index in [1.165, 1.54) is 4.90 Å². The molecular weight excluding hydrogens is 390 g/mol. The van der Waals surface area contributed by atoms with Crippen LogP contribution < -0.4 is 21.7 Å². The van der Waals surface area contributed by atoms with Gasteiger partial charge in [0.25, 0.3) is 11.8 Å². The zero-order valence-corrected chi connectivity index (χ0v) is 18.3. The van der Waals surface area contributed by atoms with Crippen LogP contribution in [-0.2, 0) is 4.79 Å². The van der Waals surface area contributed by atoms with Crippen LogP contribution in [0.15, 0.2) is 18.2 Å². The summed E-state index contributed by atoms with van der Waals surface area (Å²) >= 11 is 0.788. The van der Waals surface area contributed by atoms with E-state index in [1.807, 2.05) is 52.8 Å². The Labute approximate surface area is 174 Å². The summed E-state index contributed by atoms with van der Waals surface area (Å²) in [6.45, 7) is 11.0. The van der Waals surface area contributed by atoms with Gasteiger partial charge in [0, 0.05) is 11.2 Å². The second-order valence-corrected chi connectivity index (χ2v) is 8.85. The third-order valence-electron chi connectivity index (χ3n) is 4.12. The first kappa shape index (κ1) is 22.4. The highest BCUT2D eigenvalue weighted by Gasteiger charge is 2.33. The average Bonchev–Trinajstić information content (AvgIpc) is 2.94. The van der Waals surface area contributed by atoms with Crippen molar-refractivity contribution >= 4 is 40.6 Å². The van der Waals surface area contributed by atoms with E-state index in [2.05, 4.69) is 9.69 Å². The molecule has 5 N–H and O–H groups in total. The van der Waals surface area contributed by atoms with Gasteiger partial charge in [0.2, 0.25) is 5.91 Å². The first-order valence-corrected chi connectivity index (χ1v) is 9.88. The molecule has 0 saturated heterocycles. The Kier molecular flexibility index (Phi) is 6.32. The lowest BCUT2D eigenvalue weighted by molar-refractivity contribution is -0.123. The Hall–Kier alpha value is -2.94. The van der Waals surface area contributed by atoms with Gasteiger partial charge in [-0.3, -0.25) is 19.3 Å². The Morgan fingerprint density at radius 1 is 1.14 bits per heavy atom. The molecular formula is C20H27N5O3S. The maximum atomic E-state index is 13.4. The maximum Gasteiger partial charge on any atom is 0.272 e. The van der Waals surface area contributed by atoms with E-state index in [-0.39, 0.29) is 22.2 Å². The van der Waals surface area contributed by atoms with Crippen molar-refractivity contribution in [3.63, 3.8) is 0 Å². The highest BCUT2D eigenvalue weighted by atomic mass is 32.1. The number of nitrogens with zero attached hydrogens (tertiary/aromatic N) is 2. The van der Waals surface area contributed by atoms with Crippen molar-refractivity contribution in [2.24, 2.45) is 5.73 Å². The molecule has 0 aliphatic heterocycles. The number of benzene rings is 1. The van der Waals surface area contributed by atoms with E-state index in [4.69, 9.17) is 11.5 Å². The molecule has 0 aliphatic carbocycles. The first-order valence-electron chi connectivity index (χ1n) is 9.10. The highest BCUT2D eigenvalue weighted by molar-refractivity contribution is 7.09. The molecule has 0 radical (unpaired) electrons. The number of nitrogens with one attached hydrogen (secondary N) is 1. The topological polar surface area (TPSA) is 131 Å². The third kappa shape index (κ3) is 5.11. The molecule has 156 valence electrons. The number of primary amides is 1. The van der Waals surface area contributed by atoms with Gasteiger partial charge in [0.1, 0.15) is 10.9 Å². The Morgan fingerprint density at radius 3 is 2.14 bits per heavy atom. The van der Waals surface area contributed by atoms with Gasteiger partial charge < -0.3 is 16.8 Å². The van der Waals surface area contributed by atoms with Gasteiger partial charge in [-0.15, -0.1) is 0 Å². The lowest BCUT2D eigenvalue weighted by atomic mass is 10.1. The molecule has 2 rings (SSSR count). The number of aromatic nitrogens is 1. The van der Waals surface area contributed by atoms with E-state index in [1.54, 1.807) is 6.92 Å². The van der Waals surface area contributed by atoms with Crippen molar-refractivity contribution in [2.75, 3.05) is 10.6 Å². The van der Waals surface area contributed by atoms with Crippen LogP contribution >= 0.6 is 11.5 Å². The molecule has 1 aromatic carbocycles. The third-order valence-corrected chi connectivity index (χ3v) is 4.97. The fourth-order valence-corrected chi connectivity index (χ4v) is 3.68. The van der Waals surface area contributed by atoms with Crippen molar-refractivity contribution in [1.82, 2.24) is 9.69 Å². The fourth-order valence-electron chi connectivity index (χ4n) is 2.94. The van der Waals surface area contributed by atoms with Gasteiger partial charge in [-0.25, -0.2) is 0 Å². The van der Waals surface area contributed by atoms with Gasteiger partial charge in [0.05, 0.1) is 5.69 Å². The zero-order valence-electron chi connectivity index (χ0n) is 17.5. The quantitative estimate of drug-likeness (QED) is 0.687. The predicted molar refractivity (Wildman–Crippen MR) is 115 cm³/mol. The summed E-state index contributed by atoms with van der Waals surface area (Å²) in [5, 5.41) is 2.89. The predicted octanol–water partition coefficient (Wildman–Crippen LogP) is 2.39. The number of carbonyl (C=O) groups is 3. The Bertz CT molecular complexity index is 941. The molecule has 2 aromatic rings. The first-order chi connectivity index (χ1) is 13.3. The summed E-state index contributed by atoms with van der Waals surface area (Å²) in [5.41, 5.74) is 13.0. The highest BCUT2D eigenvalue weighted by Crippen LogP contribution is 2.29. The minimum atomic E-state index is -0.832. The fraction of sp³-hybridized carbons (Fsp3) is 0.400. The molecule has 1 atom stereocenters. The number of hydrogen-bond acceptors (Lipinski definition) is 6. The number of amides is 3. The van der Waals surface area contributed by atoms with Crippen LogP contribution in [0.1, 0.15) is 59.0 Å². The molecule has 0 spiro atoms. The van der Waals surface area contributed by atoms with Gasteiger partial charge in [-0.1, -0.05) is 6.07 Å². The summed E-state index contributed by atoms with van der Waals surface area (Å²) in [5.74, 6) is -1.65. The standard InChI is InChI=1S/C20H27N5O3S/c1-10-7-11(2)9-13(8-10)25(12(3)18(27)23-20(4,5)6)19(28)16-14(21)15(17(22)26)24-29-16/h7-9,12H,21H2,1-6H3,(H2,22,26)(H,23,27)/t12-/m0/s1. The van der Waals surface area contributed by atoms with E-state index in [0.717, 1.165) is 22.7 Å². The molecule has 0 fully saturated rings. The van der Waals surface area contributed by atoms with E-state index < -0.39 is 23.4 Å². The second kappa shape index (κ2) is 8.20. The van der Waals surface area contributed by atoms with Crippen LogP contribution in [0.5, 0.6) is 0 Å². The van der Waals surface area contributed by atoms with Crippen LogP contribution in [0.4, 0.5) is 11.4 Å². The number of nitrogen functional groups attached to an aromatic ring is 1. The molecule has 0 aliphatic rings. The van der Waals surface area contributed by atoms with E-state index in [9.17, 15) is 14.4 Å².